The highest BCUT2D eigenvalue weighted by Crippen LogP contribution is 2.27. The first-order valence-electron chi connectivity index (χ1n) is 14.2. The van der Waals surface area contributed by atoms with Crippen LogP contribution in [0.5, 0.6) is 5.75 Å². The van der Waals surface area contributed by atoms with E-state index in [1.165, 1.54) is 24.1 Å². The van der Waals surface area contributed by atoms with Gasteiger partial charge >= 0.3 is 12.0 Å². The summed E-state index contributed by atoms with van der Waals surface area (Å²) in [5, 5.41) is 17.9. The van der Waals surface area contributed by atoms with Crippen molar-refractivity contribution < 1.29 is 33.8 Å². The molecule has 3 aromatic carbocycles. The van der Waals surface area contributed by atoms with Gasteiger partial charge in [0.05, 0.1) is 47.4 Å². The topological polar surface area (TPSA) is 159 Å². The fourth-order valence-corrected chi connectivity index (χ4v) is 5.22. The number of carbonyl (C=O) groups excluding carboxylic acids is 3. The van der Waals surface area contributed by atoms with E-state index in [1.54, 1.807) is 37.4 Å². The number of halogens is 2. The Morgan fingerprint density at radius 2 is 1.74 bits per heavy atom. The molecule has 4 N–H and O–H groups in total. The first kappa shape index (κ1) is 34.1. The lowest BCUT2D eigenvalue weighted by Crippen LogP contribution is -2.43. The highest BCUT2D eigenvalue weighted by molar-refractivity contribution is 6.39. The zero-order valence-corrected chi connectivity index (χ0v) is 26.8. The molecule has 4 amide bonds. The minimum atomic E-state index is -1.28. The summed E-state index contributed by atoms with van der Waals surface area (Å²) in [5.74, 6) is -1.56. The summed E-state index contributed by atoms with van der Waals surface area (Å²) in [5.41, 5.74) is 2.67. The third-order valence-electron chi connectivity index (χ3n) is 7.13. The number of urea groups is 1. The number of carboxylic acid groups (broad SMARTS) is 1. The van der Waals surface area contributed by atoms with Crippen LogP contribution >= 0.6 is 23.2 Å². The molecule has 2 unspecified atom stereocenters. The second-order valence-electron chi connectivity index (χ2n) is 10.5. The normalized spacial score (nSPS) is 14.4. The number of carboxylic acids is 1. The molecule has 2 atom stereocenters. The van der Waals surface area contributed by atoms with E-state index < -0.39 is 30.0 Å². The van der Waals surface area contributed by atoms with Crippen LogP contribution in [0.1, 0.15) is 27.9 Å². The maximum Gasteiger partial charge on any atom is 0.326 e. The number of aliphatic imine (C=N–C) groups is 1. The molecule has 4 rings (SSSR count). The van der Waals surface area contributed by atoms with Gasteiger partial charge in [0, 0.05) is 19.2 Å². The number of aryl methyl sites for hydroxylation is 1. The fraction of sp³-hybridized carbons (Fsp3) is 0.281. The zero-order chi connectivity index (χ0) is 33.4. The highest BCUT2D eigenvalue weighted by Gasteiger charge is 2.30. The molecule has 46 heavy (non-hydrogen) atoms. The number of methoxy groups -OCH3 is 1. The molecule has 0 saturated carbocycles. The van der Waals surface area contributed by atoms with Crippen molar-refractivity contribution >= 4 is 64.3 Å². The molecule has 1 heterocycles. The molecule has 0 bridgehead atoms. The highest BCUT2D eigenvalue weighted by atomic mass is 35.5. The van der Waals surface area contributed by atoms with Gasteiger partial charge in [0.1, 0.15) is 18.4 Å². The third-order valence-corrected chi connectivity index (χ3v) is 7.76. The minimum absolute atomic E-state index is 0.0174. The number of amides is 4. The van der Waals surface area contributed by atoms with Gasteiger partial charge in [-0.3, -0.25) is 9.59 Å². The molecular weight excluding hydrogens is 637 g/mol. The molecule has 0 radical (unpaired) electrons. The molecule has 3 aromatic rings. The Bertz CT molecular complexity index is 1650. The summed E-state index contributed by atoms with van der Waals surface area (Å²) in [7, 11) is 3.06. The molecule has 1 aliphatic heterocycles. The number of hydrogen-bond donors (Lipinski definition) is 4. The van der Waals surface area contributed by atoms with Crippen molar-refractivity contribution in [2.24, 2.45) is 4.99 Å². The summed E-state index contributed by atoms with van der Waals surface area (Å²) in [4.78, 5) is 56.0. The summed E-state index contributed by atoms with van der Waals surface area (Å²) in [6, 6.07) is 14.7. The number of para-hydroxylation sites is 1. The van der Waals surface area contributed by atoms with Gasteiger partial charge in [-0.25, -0.2) is 14.6 Å². The number of hydrogen-bond acceptors (Lipinski definition) is 7. The Morgan fingerprint density at radius 3 is 2.41 bits per heavy atom. The van der Waals surface area contributed by atoms with E-state index in [-0.39, 0.29) is 53.4 Å². The molecular formula is C32H33Cl2N5O7. The Hall–Kier alpha value is -4.81. The maximum atomic E-state index is 13.0. The quantitative estimate of drug-likeness (QED) is 0.211. The second kappa shape index (κ2) is 15.5. The summed E-state index contributed by atoms with van der Waals surface area (Å²) in [6.07, 6.45) is -0.00948. The van der Waals surface area contributed by atoms with Gasteiger partial charge in [0.2, 0.25) is 11.8 Å². The van der Waals surface area contributed by atoms with Crippen molar-refractivity contribution in [3.63, 3.8) is 0 Å². The lowest BCUT2D eigenvalue weighted by Gasteiger charge is -2.17. The SMILES string of the molecule is COc1cc(CC(=O)N(C)CC2=NC(CC(NC(=O)c3c(Cl)cccc3Cl)C(=O)O)CO2)ccc1NC(=O)Nc1ccccc1C. The van der Waals surface area contributed by atoms with Crippen LogP contribution in [0, 0.1) is 6.92 Å². The molecule has 0 aliphatic carbocycles. The number of anilines is 2. The van der Waals surface area contributed by atoms with E-state index in [0.717, 1.165) is 5.56 Å². The van der Waals surface area contributed by atoms with Crippen LogP contribution in [0.15, 0.2) is 65.7 Å². The van der Waals surface area contributed by atoms with Crippen LogP contribution in [0.3, 0.4) is 0 Å². The van der Waals surface area contributed by atoms with E-state index in [0.29, 0.717) is 22.7 Å². The van der Waals surface area contributed by atoms with Crippen LogP contribution in [-0.2, 0) is 20.7 Å². The van der Waals surface area contributed by atoms with Gasteiger partial charge in [0.25, 0.3) is 5.91 Å². The number of benzene rings is 3. The van der Waals surface area contributed by atoms with E-state index in [9.17, 15) is 24.3 Å². The average Bonchev–Trinajstić information content (AvgIpc) is 3.45. The van der Waals surface area contributed by atoms with Crippen molar-refractivity contribution in [3.8, 4) is 5.75 Å². The zero-order valence-electron chi connectivity index (χ0n) is 25.3. The molecule has 242 valence electrons. The molecule has 0 spiro atoms. The molecule has 12 nitrogen and oxygen atoms in total. The van der Waals surface area contributed by atoms with E-state index in [4.69, 9.17) is 32.7 Å². The average molecular weight is 671 g/mol. The predicted octanol–water partition coefficient (Wildman–Crippen LogP) is 5.03. The molecule has 0 aromatic heterocycles. The second-order valence-corrected chi connectivity index (χ2v) is 11.4. The first-order valence-corrected chi connectivity index (χ1v) is 14.9. The first-order chi connectivity index (χ1) is 21.9. The van der Waals surface area contributed by atoms with Crippen molar-refractivity contribution in [2.75, 3.05) is 37.9 Å². The van der Waals surface area contributed by atoms with Crippen LogP contribution in [0.4, 0.5) is 16.2 Å². The van der Waals surface area contributed by atoms with Crippen LogP contribution in [0.2, 0.25) is 10.0 Å². The van der Waals surface area contributed by atoms with Gasteiger partial charge in [-0.2, -0.15) is 0 Å². The van der Waals surface area contributed by atoms with Gasteiger partial charge in [-0.15, -0.1) is 0 Å². The number of rotatable bonds is 12. The van der Waals surface area contributed by atoms with Gasteiger partial charge in [-0.05, 0) is 48.4 Å². The van der Waals surface area contributed by atoms with Gasteiger partial charge in [-0.1, -0.05) is 53.5 Å². The van der Waals surface area contributed by atoms with Gasteiger partial charge in [0.15, 0.2) is 0 Å². The lowest BCUT2D eigenvalue weighted by molar-refractivity contribution is -0.139. The minimum Gasteiger partial charge on any atom is -0.495 e. The smallest absolute Gasteiger partial charge is 0.326 e. The van der Waals surface area contributed by atoms with E-state index >= 15 is 0 Å². The van der Waals surface area contributed by atoms with Crippen molar-refractivity contribution in [3.05, 3.63) is 87.4 Å². The number of nitrogens with one attached hydrogen (secondary N) is 3. The van der Waals surface area contributed by atoms with Crippen LogP contribution in [-0.4, -0.2) is 79.1 Å². The van der Waals surface area contributed by atoms with E-state index in [1.807, 2.05) is 25.1 Å². The number of likely N-dealkylation sites (N-methyl/N-ethyl adjacent to an activating group) is 1. The fourth-order valence-electron chi connectivity index (χ4n) is 4.66. The van der Waals surface area contributed by atoms with Crippen LogP contribution in [0.25, 0.3) is 0 Å². The van der Waals surface area contributed by atoms with Crippen LogP contribution < -0.4 is 20.7 Å². The Balaban J connectivity index is 1.31. The Labute approximate surface area is 275 Å². The monoisotopic (exact) mass is 669 g/mol. The number of aliphatic carboxylic acids is 1. The van der Waals surface area contributed by atoms with Crippen molar-refractivity contribution in [1.29, 1.82) is 0 Å². The summed E-state index contributed by atoms with van der Waals surface area (Å²) in [6.45, 7) is 2.04. The number of ether oxygens (including phenoxy) is 2. The Morgan fingerprint density at radius 1 is 1.04 bits per heavy atom. The largest absolute Gasteiger partial charge is 0.495 e. The lowest BCUT2D eigenvalue weighted by atomic mass is 10.1. The summed E-state index contributed by atoms with van der Waals surface area (Å²) < 4.78 is 11.1. The van der Waals surface area contributed by atoms with Crippen molar-refractivity contribution in [2.45, 2.75) is 31.8 Å². The van der Waals surface area contributed by atoms with Crippen molar-refractivity contribution in [1.82, 2.24) is 10.2 Å². The molecule has 14 heteroatoms. The molecule has 0 fully saturated rings. The maximum absolute atomic E-state index is 13.0. The molecule has 1 aliphatic rings. The van der Waals surface area contributed by atoms with Gasteiger partial charge < -0.3 is 35.4 Å². The number of nitrogens with zero attached hydrogens (tertiary/aromatic N) is 2. The van der Waals surface area contributed by atoms with E-state index in [2.05, 4.69) is 20.9 Å². The Kier molecular flexibility index (Phi) is 11.4. The number of carbonyl (C=O) groups is 4. The molecule has 0 saturated heterocycles. The third kappa shape index (κ3) is 8.89. The predicted molar refractivity (Wildman–Crippen MR) is 175 cm³/mol. The summed E-state index contributed by atoms with van der Waals surface area (Å²) >= 11 is 12.2. The standard InChI is InChI=1S/C32H33Cl2N5O7/c1-18-7-4-5-10-23(18)37-32(44)38-24-12-11-19(13-26(24)45-3)14-28(40)39(2)16-27-35-20(17-46-27)15-25(31(42)43)36-30(41)29-21(33)8-6-9-22(29)34/h4-13,20,25H,14-17H2,1-3H3,(H,36,41)(H,42,43)(H2,37,38,44).